The average Bonchev–Trinajstić information content (AvgIpc) is 2.70. The van der Waals surface area contributed by atoms with Gasteiger partial charge in [0.05, 0.1) is 12.0 Å². The molecule has 1 aromatic carbocycles. The molecule has 2 rings (SSSR count). The number of hydrogen-bond acceptors (Lipinski definition) is 2. The second-order valence-corrected chi connectivity index (χ2v) is 3.79. The van der Waals surface area contributed by atoms with Gasteiger partial charge in [0.15, 0.2) is 0 Å². The van der Waals surface area contributed by atoms with E-state index in [1.807, 2.05) is 35.9 Å². The molecular formula is C11H11N3S. The highest BCUT2D eigenvalue weighted by Crippen LogP contribution is 2.16. The number of hydrogen-bond donors (Lipinski definition) is 1. The third-order valence-electron chi connectivity index (χ3n) is 2.20. The molecule has 0 aliphatic carbocycles. The molecule has 1 heterocycles. The minimum atomic E-state index is 0.405. The lowest BCUT2D eigenvalue weighted by molar-refractivity contribution is 1.05. The second-order valence-electron chi connectivity index (χ2n) is 3.35. The zero-order valence-electron chi connectivity index (χ0n) is 8.34. The Morgan fingerprint density at radius 1 is 1.47 bits per heavy atom. The molecule has 2 N–H and O–H groups in total. The number of imidazole rings is 1. The van der Waals surface area contributed by atoms with Gasteiger partial charge in [0.2, 0.25) is 0 Å². The first-order valence-corrected chi connectivity index (χ1v) is 4.98. The maximum Gasteiger partial charge on any atom is 0.106 e. The summed E-state index contributed by atoms with van der Waals surface area (Å²) in [5, 5.41) is 0. The summed E-state index contributed by atoms with van der Waals surface area (Å²) in [7, 11) is 0. The van der Waals surface area contributed by atoms with Crippen LogP contribution in [0.4, 0.5) is 0 Å². The Hall–Kier alpha value is -1.68. The van der Waals surface area contributed by atoms with Crippen LogP contribution in [0.2, 0.25) is 0 Å². The first kappa shape index (κ1) is 9.86. The topological polar surface area (TPSA) is 43.8 Å². The van der Waals surface area contributed by atoms with Crippen LogP contribution in [0, 0.1) is 6.92 Å². The van der Waals surface area contributed by atoms with E-state index in [0.29, 0.717) is 4.99 Å². The summed E-state index contributed by atoms with van der Waals surface area (Å²) in [6.45, 7) is 2.01. The first-order valence-electron chi connectivity index (χ1n) is 4.57. The van der Waals surface area contributed by atoms with Crippen molar-refractivity contribution in [3.05, 3.63) is 48.0 Å². The fourth-order valence-electron chi connectivity index (χ4n) is 1.47. The van der Waals surface area contributed by atoms with Crippen LogP contribution in [0.15, 0.2) is 36.9 Å². The van der Waals surface area contributed by atoms with E-state index in [1.165, 1.54) is 0 Å². The molecule has 3 nitrogen and oxygen atoms in total. The van der Waals surface area contributed by atoms with Gasteiger partial charge in [0, 0.05) is 18.0 Å². The monoisotopic (exact) mass is 217 g/mol. The van der Waals surface area contributed by atoms with E-state index in [0.717, 1.165) is 16.8 Å². The van der Waals surface area contributed by atoms with Gasteiger partial charge in [-0.1, -0.05) is 23.8 Å². The lowest BCUT2D eigenvalue weighted by Crippen LogP contribution is -2.13. The Morgan fingerprint density at radius 2 is 2.27 bits per heavy atom. The van der Waals surface area contributed by atoms with Crippen LogP contribution in [-0.2, 0) is 0 Å². The van der Waals surface area contributed by atoms with E-state index < -0.39 is 0 Å². The molecule has 0 saturated carbocycles. The van der Waals surface area contributed by atoms with Crippen LogP contribution in [0.1, 0.15) is 11.1 Å². The lowest BCUT2D eigenvalue weighted by atomic mass is 10.1. The summed E-state index contributed by atoms with van der Waals surface area (Å²) in [5.74, 6) is 0. The van der Waals surface area contributed by atoms with Gasteiger partial charge < -0.3 is 10.3 Å². The fourth-order valence-corrected chi connectivity index (χ4v) is 1.64. The van der Waals surface area contributed by atoms with Crippen LogP contribution in [-0.4, -0.2) is 14.5 Å². The molecule has 0 radical (unpaired) electrons. The van der Waals surface area contributed by atoms with E-state index in [-0.39, 0.29) is 0 Å². The maximum absolute atomic E-state index is 5.69. The summed E-state index contributed by atoms with van der Waals surface area (Å²) >= 11 is 5.03. The van der Waals surface area contributed by atoms with Crippen LogP contribution >= 0.6 is 12.2 Å². The Morgan fingerprint density at radius 3 is 2.87 bits per heavy atom. The van der Waals surface area contributed by atoms with Gasteiger partial charge in [0.1, 0.15) is 4.99 Å². The summed E-state index contributed by atoms with van der Waals surface area (Å²) in [5.41, 5.74) is 8.67. The standard InChI is InChI=1S/C11H11N3S/c1-8-2-3-10(9(6-8)11(12)15)14-5-4-13-7-14/h2-7H,1H3,(H2,12,15). The van der Waals surface area contributed by atoms with Crippen molar-refractivity contribution in [2.75, 3.05) is 0 Å². The third-order valence-corrected chi connectivity index (χ3v) is 2.42. The van der Waals surface area contributed by atoms with Crippen molar-refractivity contribution in [3.8, 4) is 5.69 Å². The molecular weight excluding hydrogens is 206 g/mol. The van der Waals surface area contributed by atoms with Crippen LogP contribution in [0.3, 0.4) is 0 Å². The molecule has 0 aliphatic rings. The number of aromatic nitrogens is 2. The molecule has 0 unspecified atom stereocenters. The minimum absolute atomic E-state index is 0.405. The molecule has 0 fully saturated rings. The summed E-state index contributed by atoms with van der Waals surface area (Å²) < 4.78 is 1.90. The van der Waals surface area contributed by atoms with Crippen molar-refractivity contribution in [1.29, 1.82) is 0 Å². The van der Waals surface area contributed by atoms with Gasteiger partial charge in [-0.25, -0.2) is 4.98 Å². The van der Waals surface area contributed by atoms with Crippen molar-refractivity contribution in [2.24, 2.45) is 5.73 Å². The van der Waals surface area contributed by atoms with Crippen LogP contribution < -0.4 is 5.73 Å². The van der Waals surface area contributed by atoms with Crippen molar-refractivity contribution < 1.29 is 0 Å². The Kier molecular flexibility index (Phi) is 2.51. The molecule has 2 aromatic rings. The van der Waals surface area contributed by atoms with Gasteiger partial charge in [-0.2, -0.15) is 0 Å². The Labute approximate surface area is 93.6 Å². The van der Waals surface area contributed by atoms with Crippen LogP contribution in [0.5, 0.6) is 0 Å². The highest BCUT2D eigenvalue weighted by molar-refractivity contribution is 7.80. The van der Waals surface area contributed by atoms with Gasteiger partial charge in [0.25, 0.3) is 0 Å². The highest BCUT2D eigenvalue weighted by Gasteiger charge is 2.06. The predicted molar refractivity (Wildman–Crippen MR) is 64.2 cm³/mol. The SMILES string of the molecule is Cc1ccc(-n2ccnc2)c(C(N)=S)c1. The molecule has 0 spiro atoms. The molecule has 4 heteroatoms. The van der Waals surface area contributed by atoms with E-state index in [9.17, 15) is 0 Å². The Bertz CT molecular complexity index is 489. The van der Waals surface area contributed by atoms with E-state index in [4.69, 9.17) is 18.0 Å². The number of nitrogens with two attached hydrogens (primary N) is 1. The molecule has 0 atom stereocenters. The number of benzene rings is 1. The third kappa shape index (κ3) is 1.89. The quantitative estimate of drug-likeness (QED) is 0.780. The van der Waals surface area contributed by atoms with Crippen molar-refractivity contribution in [1.82, 2.24) is 9.55 Å². The van der Waals surface area contributed by atoms with E-state index in [2.05, 4.69) is 4.98 Å². The largest absolute Gasteiger partial charge is 0.389 e. The molecule has 1 aromatic heterocycles. The van der Waals surface area contributed by atoms with E-state index in [1.54, 1.807) is 12.5 Å². The molecule has 76 valence electrons. The maximum atomic E-state index is 5.69. The second kappa shape index (κ2) is 3.82. The van der Waals surface area contributed by atoms with Gasteiger partial charge in [-0.3, -0.25) is 0 Å². The van der Waals surface area contributed by atoms with Crippen molar-refractivity contribution in [3.63, 3.8) is 0 Å². The predicted octanol–water partition coefficient (Wildman–Crippen LogP) is 1.81. The molecule has 0 bridgehead atoms. The van der Waals surface area contributed by atoms with Gasteiger partial charge in [-0.05, 0) is 19.1 Å². The normalized spacial score (nSPS) is 10.2. The number of thiocarbonyl (C=S) groups is 1. The number of nitrogens with zero attached hydrogens (tertiary/aromatic N) is 2. The van der Waals surface area contributed by atoms with Crippen molar-refractivity contribution in [2.45, 2.75) is 6.92 Å². The average molecular weight is 217 g/mol. The molecule has 0 saturated heterocycles. The molecule has 0 aliphatic heterocycles. The highest BCUT2D eigenvalue weighted by atomic mass is 32.1. The number of aryl methyl sites for hydroxylation is 1. The lowest BCUT2D eigenvalue weighted by Gasteiger charge is -2.09. The van der Waals surface area contributed by atoms with Crippen LogP contribution in [0.25, 0.3) is 5.69 Å². The zero-order chi connectivity index (χ0) is 10.8. The molecule has 15 heavy (non-hydrogen) atoms. The molecule has 0 amide bonds. The van der Waals surface area contributed by atoms with Crippen molar-refractivity contribution >= 4 is 17.2 Å². The summed E-state index contributed by atoms with van der Waals surface area (Å²) in [4.78, 5) is 4.41. The number of rotatable bonds is 2. The smallest absolute Gasteiger partial charge is 0.106 e. The van der Waals surface area contributed by atoms with Gasteiger partial charge in [-0.15, -0.1) is 0 Å². The fraction of sp³-hybridized carbons (Fsp3) is 0.0909. The minimum Gasteiger partial charge on any atom is -0.389 e. The summed E-state index contributed by atoms with van der Waals surface area (Å²) in [6, 6.07) is 6.00. The Balaban J connectivity index is 2.61. The first-order chi connectivity index (χ1) is 7.18. The van der Waals surface area contributed by atoms with E-state index >= 15 is 0 Å². The van der Waals surface area contributed by atoms with Gasteiger partial charge >= 0.3 is 0 Å². The summed E-state index contributed by atoms with van der Waals surface area (Å²) in [6.07, 6.45) is 5.32. The zero-order valence-corrected chi connectivity index (χ0v) is 9.16.